The topological polar surface area (TPSA) is 86.6 Å². The summed E-state index contributed by atoms with van der Waals surface area (Å²) in [5, 5.41) is 19.2. The van der Waals surface area contributed by atoms with Crippen molar-refractivity contribution < 1.29 is 33.0 Å². The van der Waals surface area contributed by atoms with E-state index in [0.29, 0.717) is 0 Å². The summed E-state index contributed by atoms with van der Waals surface area (Å²) in [5.41, 5.74) is -2.24. The Bertz CT molecular complexity index is 315. The fourth-order valence-corrected chi connectivity index (χ4v) is 1.13. The Morgan fingerprint density at radius 3 is 2.11 bits per heavy atom. The van der Waals surface area contributed by atoms with Crippen LogP contribution in [0, 0.1) is 5.41 Å². The molecule has 0 spiro atoms. The number of alkyl halides is 3. The molecule has 0 aliphatic rings. The SMILES string of the molecule is CC(C)(CC(=O)N[C@@H](CCO)C(=O)O)C(F)(F)F. The monoisotopic (exact) mass is 271 g/mol. The van der Waals surface area contributed by atoms with Crippen LogP contribution in [-0.4, -0.2) is 40.9 Å². The highest BCUT2D eigenvalue weighted by Crippen LogP contribution is 2.40. The Hall–Kier alpha value is -1.31. The maximum atomic E-state index is 12.5. The van der Waals surface area contributed by atoms with Crippen molar-refractivity contribution in [2.24, 2.45) is 5.41 Å². The van der Waals surface area contributed by atoms with Crippen molar-refractivity contribution in [3.63, 3.8) is 0 Å². The number of carbonyl (C=O) groups excluding carboxylic acids is 1. The Morgan fingerprint density at radius 1 is 1.28 bits per heavy atom. The van der Waals surface area contributed by atoms with E-state index in [4.69, 9.17) is 10.2 Å². The second-order valence-corrected chi connectivity index (χ2v) is 4.53. The molecule has 3 N–H and O–H groups in total. The van der Waals surface area contributed by atoms with Gasteiger partial charge < -0.3 is 15.5 Å². The van der Waals surface area contributed by atoms with Crippen LogP contribution < -0.4 is 5.32 Å². The quantitative estimate of drug-likeness (QED) is 0.670. The molecule has 0 unspecified atom stereocenters. The van der Waals surface area contributed by atoms with Crippen LogP contribution in [0.15, 0.2) is 0 Å². The van der Waals surface area contributed by atoms with Gasteiger partial charge in [-0.2, -0.15) is 13.2 Å². The molecule has 0 heterocycles. The summed E-state index contributed by atoms with van der Waals surface area (Å²) in [7, 11) is 0. The molecule has 0 aromatic rings. The number of hydrogen-bond donors (Lipinski definition) is 3. The minimum atomic E-state index is -4.56. The molecular formula is C10H16F3NO4. The summed E-state index contributed by atoms with van der Waals surface area (Å²) in [6, 6.07) is -1.38. The van der Waals surface area contributed by atoms with E-state index < -0.39 is 42.5 Å². The average Bonchev–Trinajstić information content (AvgIpc) is 2.13. The standard InChI is InChI=1S/C10H16F3NO4/c1-9(2,10(11,12)13)5-7(16)14-6(3-4-15)8(17)18/h6,15H,3-5H2,1-2H3,(H,14,16)(H,17,18)/t6-/m0/s1. The third kappa shape index (κ3) is 4.91. The first-order valence-corrected chi connectivity index (χ1v) is 5.21. The molecule has 0 fully saturated rings. The molecule has 8 heteroatoms. The highest BCUT2D eigenvalue weighted by Gasteiger charge is 2.48. The van der Waals surface area contributed by atoms with Crippen LogP contribution in [0.2, 0.25) is 0 Å². The van der Waals surface area contributed by atoms with Gasteiger partial charge in [0.1, 0.15) is 6.04 Å². The van der Waals surface area contributed by atoms with E-state index in [1.54, 1.807) is 0 Å². The van der Waals surface area contributed by atoms with Gasteiger partial charge in [0, 0.05) is 19.4 Å². The summed E-state index contributed by atoms with van der Waals surface area (Å²) in [5.74, 6) is -2.42. The number of rotatable bonds is 6. The molecular weight excluding hydrogens is 255 g/mol. The third-order valence-corrected chi connectivity index (χ3v) is 2.42. The number of amides is 1. The summed E-state index contributed by atoms with van der Waals surface area (Å²) in [4.78, 5) is 22.0. The van der Waals surface area contributed by atoms with Gasteiger partial charge in [-0.3, -0.25) is 4.79 Å². The van der Waals surface area contributed by atoms with Crippen LogP contribution >= 0.6 is 0 Å². The number of carboxylic acid groups (broad SMARTS) is 1. The highest BCUT2D eigenvalue weighted by molar-refractivity contribution is 5.83. The summed E-state index contributed by atoms with van der Waals surface area (Å²) in [6.45, 7) is 1.22. The molecule has 0 radical (unpaired) electrons. The lowest BCUT2D eigenvalue weighted by Crippen LogP contribution is -2.45. The van der Waals surface area contributed by atoms with Crippen molar-refractivity contribution in [1.29, 1.82) is 0 Å². The molecule has 18 heavy (non-hydrogen) atoms. The summed E-state index contributed by atoms with van der Waals surface area (Å²) >= 11 is 0. The van der Waals surface area contributed by atoms with Crippen molar-refractivity contribution in [3.8, 4) is 0 Å². The predicted molar refractivity (Wildman–Crippen MR) is 55.7 cm³/mol. The minimum absolute atomic E-state index is 0.256. The lowest BCUT2D eigenvalue weighted by Gasteiger charge is -2.27. The molecule has 0 bridgehead atoms. The molecule has 0 aliphatic heterocycles. The first kappa shape index (κ1) is 16.7. The number of hydrogen-bond acceptors (Lipinski definition) is 3. The molecule has 106 valence electrons. The zero-order valence-corrected chi connectivity index (χ0v) is 10.0. The van der Waals surface area contributed by atoms with E-state index in [-0.39, 0.29) is 6.42 Å². The van der Waals surface area contributed by atoms with E-state index in [1.807, 2.05) is 5.32 Å². The van der Waals surface area contributed by atoms with Crippen molar-refractivity contribution >= 4 is 11.9 Å². The van der Waals surface area contributed by atoms with E-state index in [2.05, 4.69) is 0 Å². The van der Waals surface area contributed by atoms with Gasteiger partial charge in [0.25, 0.3) is 0 Å². The van der Waals surface area contributed by atoms with E-state index >= 15 is 0 Å². The van der Waals surface area contributed by atoms with Crippen LogP contribution in [0.4, 0.5) is 13.2 Å². The number of aliphatic hydroxyl groups excluding tert-OH is 1. The lowest BCUT2D eigenvalue weighted by molar-refractivity contribution is -0.213. The van der Waals surface area contributed by atoms with Crippen LogP contribution in [0.3, 0.4) is 0 Å². The average molecular weight is 271 g/mol. The maximum absolute atomic E-state index is 12.5. The highest BCUT2D eigenvalue weighted by atomic mass is 19.4. The van der Waals surface area contributed by atoms with Gasteiger partial charge in [0.2, 0.25) is 5.91 Å². The number of nitrogens with one attached hydrogen (secondary N) is 1. The van der Waals surface area contributed by atoms with Gasteiger partial charge in [0.05, 0.1) is 5.41 Å². The van der Waals surface area contributed by atoms with Gasteiger partial charge in [-0.15, -0.1) is 0 Å². The zero-order chi connectivity index (χ0) is 14.6. The molecule has 0 aliphatic carbocycles. The lowest BCUT2D eigenvalue weighted by atomic mass is 9.88. The number of carboxylic acids is 1. The smallest absolute Gasteiger partial charge is 0.394 e. The molecule has 0 rings (SSSR count). The van der Waals surface area contributed by atoms with Crippen molar-refractivity contribution in [2.75, 3.05) is 6.61 Å². The van der Waals surface area contributed by atoms with Gasteiger partial charge in [0.15, 0.2) is 0 Å². The molecule has 1 atom stereocenters. The Morgan fingerprint density at radius 2 is 1.78 bits per heavy atom. The van der Waals surface area contributed by atoms with Crippen molar-refractivity contribution in [2.45, 2.75) is 38.9 Å². The predicted octanol–water partition coefficient (Wildman–Crippen LogP) is 0.917. The van der Waals surface area contributed by atoms with Gasteiger partial charge in [-0.25, -0.2) is 4.79 Å². The van der Waals surface area contributed by atoms with E-state index in [9.17, 15) is 22.8 Å². The van der Waals surface area contributed by atoms with Crippen LogP contribution in [0.5, 0.6) is 0 Å². The number of carbonyl (C=O) groups is 2. The molecule has 0 aromatic heterocycles. The fourth-order valence-electron chi connectivity index (χ4n) is 1.13. The molecule has 1 amide bonds. The molecule has 5 nitrogen and oxygen atoms in total. The second kappa shape index (κ2) is 6.03. The minimum Gasteiger partial charge on any atom is -0.480 e. The van der Waals surface area contributed by atoms with Crippen LogP contribution in [0.25, 0.3) is 0 Å². The Balaban J connectivity index is 4.55. The first-order chi connectivity index (χ1) is 8.01. The number of aliphatic carboxylic acids is 1. The zero-order valence-electron chi connectivity index (χ0n) is 10.0. The van der Waals surface area contributed by atoms with E-state index in [0.717, 1.165) is 13.8 Å². The second-order valence-electron chi connectivity index (χ2n) is 4.53. The third-order valence-electron chi connectivity index (χ3n) is 2.42. The van der Waals surface area contributed by atoms with Crippen LogP contribution in [-0.2, 0) is 9.59 Å². The summed E-state index contributed by atoms with van der Waals surface area (Å²) in [6.07, 6.45) is -5.68. The first-order valence-electron chi connectivity index (χ1n) is 5.21. The van der Waals surface area contributed by atoms with Gasteiger partial charge >= 0.3 is 12.1 Å². The Labute approximate surface area is 102 Å². The maximum Gasteiger partial charge on any atom is 0.394 e. The molecule has 0 aromatic carbocycles. The molecule has 0 saturated heterocycles. The van der Waals surface area contributed by atoms with Crippen molar-refractivity contribution in [1.82, 2.24) is 5.32 Å². The normalized spacial score (nSPS) is 14.1. The summed E-state index contributed by atoms with van der Waals surface area (Å²) < 4.78 is 37.5. The fraction of sp³-hybridized carbons (Fsp3) is 0.800. The van der Waals surface area contributed by atoms with Gasteiger partial charge in [-0.1, -0.05) is 13.8 Å². The van der Waals surface area contributed by atoms with Crippen LogP contribution in [0.1, 0.15) is 26.7 Å². The van der Waals surface area contributed by atoms with E-state index in [1.165, 1.54) is 0 Å². The van der Waals surface area contributed by atoms with Crippen molar-refractivity contribution in [3.05, 3.63) is 0 Å². The Kier molecular flexibility index (Phi) is 5.59. The number of halogens is 3. The largest absolute Gasteiger partial charge is 0.480 e. The molecule has 0 saturated carbocycles. The van der Waals surface area contributed by atoms with Gasteiger partial charge in [-0.05, 0) is 0 Å². The number of aliphatic hydroxyl groups is 1.